The molecule has 2 aromatic carbocycles. The molecule has 1 aromatic heterocycles. The topological polar surface area (TPSA) is 85.6 Å². The number of ether oxygens (including phenoxy) is 1. The third kappa shape index (κ3) is 4.49. The van der Waals surface area contributed by atoms with Crippen molar-refractivity contribution in [3.05, 3.63) is 82.2 Å². The van der Waals surface area contributed by atoms with E-state index in [1.54, 1.807) is 25.1 Å². The second kappa shape index (κ2) is 8.14. The van der Waals surface area contributed by atoms with Crippen LogP contribution in [-0.2, 0) is 4.79 Å². The Hall–Kier alpha value is -3.67. The van der Waals surface area contributed by atoms with Gasteiger partial charge in [-0.05, 0) is 36.8 Å². The van der Waals surface area contributed by atoms with E-state index in [1.165, 1.54) is 18.2 Å². The molecule has 0 aliphatic rings. The fourth-order valence-corrected chi connectivity index (χ4v) is 2.45. The minimum Gasteiger partial charge on any atom is -0.423 e. The molecule has 1 amide bonds. The molecule has 136 valence electrons. The van der Waals surface area contributed by atoms with E-state index in [2.05, 4.69) is 5.32 Å². The van der Waals surface area contributed by atoms with Crippen LogP contribution in [-0.4, -0.2) is 18.4 Å². The van der Waals surface area contributed by atoms with Crippen LogP contribution in [0.1, 0.15) is 22.8 Å². The molecule has 0 bridgehead atoms. The smallest absolute Gasteiger partial charge is 0.349 e. The Morgan fingerprint density at radius 2 is 1.89 bits per heavy atom. The summed E-state index contributed by atoms with van der Waals surface area (Å²) < 4.78 is 10.4. The van der Waals surface area contributed by atoms with Gasteiger partial charge in [0.2, 0.25) is 0 Å². The van der Waals surface area contributed by atoms with E-state index in [4.69, 9.17) is 9.15 Å². The summed E-state index contributed by atoms with van der Waals surface area (Å²) in [4.78, 5) is 35.8. The molecule has 0 saturated carbocycles. The minimum absolute atomic E-state index is 0.0695. The summed E-state index contributed by atoms with van der Waals surface area (Å²) in [6.45, 7) is 2.16. The Balaban J connectivity index is 1.79. The van der Waals surface area contributed by atoms with E-state index in [0.717, 1.165) is 5.56 Å². The molecule has 0 saturated heterocycles. The van der Waals surface area contributed by atoms with Gasteiger partial charge in [-0.2, -0.15) is 0 Å². The van der Waals surface area contributed by atoms with Crippen LogP contribution in [0.25, 0.3) is 17.0 Å². The molecule has 0 aliphatic heterocycles. The molecule has 6 nitrogen and oxygen atoms in total. The van der Waals surface area contributed by atoms with Crippen LogP contribution in [0.4, 0.5) is 0 Å². The second-order valence-electron chi connectivity index (χ2n) is 5.67. The van der Waals surface area contributed by atoms with E-state index in [0.29, 0.717) is 11.9 Å². The third-order valence-corrected chi connectivity index (χ3v) is 3.72. The van der Waals surface area contributed by atoms with E-state index < -0.39 is 17.5 Å². The Kier molecular flexibility index (Phi) is 5.47. The first-order valence-corrected chi connectivity index (χ1v) is 8.38. The maximum Gasteiger partial charge on any atom is 0.349 e. The average molecular weight is 363 g/mol. The van der Waals surface area contributed by atoms with Gasteiger partial charge in [-0.25, -0.2) is 9.59 Å². The normalized spacial score (nSPS) is 10.9. The van der Waals surface area contributed by atoms with Crippen LogP contribution in [0.15, 0.2) is 69.9 Å². The van der Waals surface area contributed by atoms with Crippen LogP contribution in [0.2, 0.25) is 0 Å². The fraction of sp³-hybridized carbons (Fsp3) is 0.0952. The summed E-state index contributed by atoms with van der Waals surface area (Å²) in [5.74, 6) is -0.812. The first-order valence-electron chi connectivity index (χ1n) is 8.38. The minimum atomic E-state index is -0.749. The first-order chi connectivity index (χ1) is 13.1. The van der Waals surface area contributed by atoms with Crippen molar-refractivity contribution >= 4 is 28.9 Å². The summed E-state index contributed by atoms with van der Waals surface area (Å²) >= 11 is 0. The number of rotatable bonds is 5. The lowest BCUT2D eigenvalue weighted by Gasteiger charge is -2.05. The van der Waals surface area contributed by atoms with E-state index >= 15 is 0 Å². The zero-order valence-electron chi connectivity index (χ0n) is 14.6. The zero-order chi connectivity index (χ0) is 19.2. The highest BCUT2D eigenvalue weighted by atomic mass is 16.5. The predicted molar refractivity (Wildman–Crippen MR) is 102 cm³/mol. The Bertz CT molecular complexity index is 1070. The summed E-state index contributed by atoms with van der Waals surface area (Å²) in [6.07, 6.45) is 2.95. The predicted octanol–water partition coefficient (Wildman–Crippen LogP) is 3.16. The highest BCUT2D eigenvalue weighted by Gasteiger charge is 2.13. The van der Waals surface area contributed by atoms with Gasteiger partial charge in [0.25, 0.3) is 5.91 Å². The molecule has 1 heterocycles. The molecule has 0 spiro atoms. The van der Waals surface area contributed by atoms with E-state index in [1.807, 2.05) is 30.3 Å². The number of carbonyl (C=O) groups excluding carboxylic acids is 2. The maximum absolute atomic E-state index is 12.0. The van der Waals surface area contributed by atoms with Crippen molar-refractivity contribution in [2.24, 2.45) is 0 Å². The molecular formula is C21H17NO5. The molecule has 27 heavy (non-hydrogen) atoms. The molecule has 0 radical (unpaired) electrons. The van der Waals surface area contributed by atoms with Crippen LogP contribution < -0.4 is 15.7 Å². The number of hydrogen-bond donors (Lipinski definition) is 1. The van der Waals surface area contributed by atoms with E-state index in [-0.39, 0.29) is 16.9 Å². The first kappa shape index (κ1) is 18.1. The van der Waals surface area contributed by atoms with Gasteiger partial charge in [-0.15, -0.1) is 0 Å². The molecule has 0 fully saturated rings. The van der Waals surface area contributed by atoms with Crippen molar-refractivity contribution in [3.63, 3.8) is 0 Å². The van der Waals surface area contributed by atoms with Gasteiger partial charge in [0.05, 0.1) is 0 Å². The van der Waals surface area contributed by atoms with Crippen molar-refractivity contribution in [2.75, 3.05) is 6.54 Å². The Morgan fingerprint density at radius 1 is 1.11 bits per heavy atom. The molecule has 0 unspecified atom stereocenters. The number of esters is 1. The maximum atomic E-state index is 12.0. The quantitative estimate of drug-likeness (QED) is 0.326. The van der Waals surface area contributed by atoms with Gasteiger partial charge >= 0.3 is 11.6 Å². The number of hydrogen-bond acceptors (Lipinski definition) is 5. The SMILES string of the molecule is CCNC(=O)c1cc2ccc(OC(=O)/C=C/c3ccccc3)cc2oc1=O. The van der Waals surface area contributed by atoms with Crippen LogP contribution >= 0.6 is 0 Å². The molecule has 0 atom stereocenters. The van der Waals surface area contributed by atoms with Crippen molar-refractivity contribution < 1.29 is 18.7 Å². The largest absolute Gasteiger partial charge is 0.423 e. The lowest BCUT2D eigenvalue weighted by Crippen LogP contribution is -2.27. The summed E-state index contributed by atoms with van der Waals surface area (Å²) in [6, 6.07) is 15.4. The van der Waals surface area contributed by atoms with Gasteiger partial charge < -0.3 is 14.5 Å². The number of benzene rings is 2. The number of fused-ring (bicyclic) bond motifs is 1. The monoisotopic (exact) mass is 363 g/mol. The summed E-state index contributed by atoms with van der Waals surface area (Å²) in [5.41, 5.74) is 0.281. The average Bonchev–Trinajstić information content (AvgIpc) is 2.67. The van der Waals surface area contributed by atoms with E-state index in [9.17, 15) is 14.4 Å². The lowest BCUT2D eigenvalue weighted by molar-refractivity contribution is -0.128. The molecule has 1 N–H and O–H groups in total. The third-order valence-electron chi connectivity index (χ3n) is 3.72. The second-order valence-corrected chi connectivity index (χ2v) is 5.67. The van der Waals surface area contributed by atoms with Gasteiger partial charge in [-0.1, -0.05) is 30.3 Å². The molecule has 0 aliphatic carbocycles. The molecule has 6 heteroatoms. The van der Waals surface area contributed by atoms with Crippen molar-refractivity contribution in [1.82, 2.24) is 5.32 Å². The standard InChI is InChI=1S/C21H17NO5/c1-2-22-20(24)17-12-15-9-10-16(13-18(15)27-21(17)25)26-19(23)11-8-14-6-4-3-5-7-14/h3-13H,2H2,1H3,(H,22,24)/b11-8+. The van der Waals surface area contributed by atoms with Crippen LogP contribution in [0.5, 0.6) is 5.75 Å². The molecule has 3 aromatic rings. The highest BCUT2D eigenvalue weighted by molar-refractivity contribution is 5.97. The van der Waals surface area contributed by atoms with Crippen LogP contribution in [0, 0.1) is 0 Å². The molecule has 3 rings (SSSR count). The zero-order valence-corrected chi connectivity index (χ0v) is 14.6. The number of nitrogens with one attached hydrogen (secondary N) is 1. The molecular weight excluding hydrogens is 346 g/mol. The van der Waals surface area contributed by atoms with Crippen LogP contribution in [0.3, 0.4) is 0 Å². The lowest BCUT2D eigenvalue weighted by atomic mass is 10.1. The van der Waals surface area contributed by atoms with Gasteiger partial charge in [0.1, 0.15) is 16.9 Å². The fourth-order valence-electron chi connectivity index (χ4n) is 2.45. The van der Waals surface area contributed by atoms with Gasteiger partial charge in [0.15, 0.2) is 0 Å². The Morgan fingerprint density at radius 3 is 2.63 bits per heavy atom. The van der Waals surface area contributed by atoms with Crippen molar-refractivity contribution in [1.29, 1.82) is 0 Å². The van der Waals surface area contributed by atoms with Crippen molar-refractivity contribution in [3.8, 4) is 5.75 Å². The van der Waals surface area contributed by atoms with Gasteiger partial charge in [0, 0.05) is 24.1 Å². The number of carbonyl (C=O) groups is 2. The summed E-state index contributed by atoms with van der Waals surface area (Å²) in [7, 11) is 0. The van der Waals surface area contributed by atoms with Gasteiger partial charge in [-0.3, -0.25) is 4.79 Å². The van der Waals surface area contributed by atoms with Crippen molar-refractivity contribution in [2.45, 2.75) is 6.92 Å². The Labute approximate surface area is 155 Å². The summed E-state index contributed by atoms with van der Waals surface area (Å²) in [5, 5.41) is 3.11. The highest BCUT2D eigenvalue weighted by Crippen LogP contribution is 2.21. The number of amides is 1.